The molecule has 0 fully saturated rings. The van der Waals surface area contributed by atoms with Gasteiger partial charge in [0.15, 0.2) is 11.5 Å². The second-order valence-corrected chi connectivity index (χ2v) is 6.42. The highest BCUT2D eigenvalue weighted by Gasteiger charge is 2.15. The summed E-state index contributed by atoms with van der Waals surface area (Å²) in [7, 11) is 3.16. The van der Waals surface area contributed by atoms with Crippen molar-refractivity contribution in [1.82, 2.24) is 9.97 Å². The lowest BCUT2D eigenvalue weighted by molar-refractivity contribution is 0.356. The average Bonchev–Trinajstić information content (AvgIpc) is 2.59. The van der Waals surface area contributed by atoms with E-state index in [1.165, 1.54) is 0 Å². The summed E-state index contributed by atoms with van der Waals surface area (Å²) in [6, 6.07) is 8.55. The number of anilines is 2. The van der Waals surface area contributed by atoms with E-state index in [1.54, 1.807) is 48.6 Å². The van der Waals surface area contributed by atoms with E-state index in [0.717, 1.165) is 16.6 Å². The first-order chi connectivity index (χ1) is 11.5. The molecule has 0 unspecified atom stereocenters. The number of hydrogen-bond donors (Lipinski definition) is 1. The first-order valence-electron chi connectivity index (χ1n) is 6.86. The maximum absolute atomic E-state index is 9.52. The summed E-state index contributed by atoms with van der Waals surface area (Å²) >= 11 is 6.87. The number of phenols is 1. The lowest BCUT2D eigenvalue weighted by Gasteiger charge is -2.17. The normalized spacial score (nSPS) is 10.7. The van der Waals surface area contributed by atoms with Gasteiger partial charge in [-0.3, -0.25) is 0 Å². The molecule has 24 heavy (non-hydrogen) atoms. The van der Waals surface area contributed by atoms with Crippen LogP contribution in [0.1, 0.15) is 0 Å². The number of methoxy groups -OCH3 is 2. The van der Waals surface area contributed by atoms with E-state index in [1.807, 2.05) is 6.07 Å². The van der Waals surface area contributed by atoms with Crippen LogP contribution in [0.15, 0.2) is 41.0 Å². The number of halogens is 2. The van der Waals surface area contributed by atoms with Gasteiger partial charge >= 0.3 is 0 Å². The molecule has 0 atom stereocenters. The molecule has 1 N–H and O–H groups in total. The molecule has 0 aliphatic heterocycles. The van der Waals surface area contributed by atoms with Gasteiger partial charge in [0, 0.05) is 22.1 Å². The van der Waals surface area contributed by atoms with Crippen molar-refractivity contribution in [3.8, 4) is 17.2 Å². The number of benzene rings is 2. The standard InChI is InChI=1S/C16H13Br2N3O3/c1-23-14-5-9-8-19-16(20-12(9)7-15(14)24-2)21(18)13-4-3-10(22)6-11(13)17/h3-8,22H,1-2H3. The third-order valence-electron chi connectivity index (χ3n) is 3.39. The highest BCUT2D eigenvalue weighted by molar-refractivity contribution is 9.11. The molecule has 0 bridgehead atoms. The molecule has 0 radical (unpaired) electrons. The van der Waals surface area contributed by atoms with E-state index in [2.05, 4.69) is 42.0 Å². The summed E-state index contributed by atoms with van der Waals surface area (Å²) < 4.78 is 13.0. The van der Waals surface area contributed by atoms with E-state index in [-0.39, 0.29) is 5.75 Å². The van der Waals surface area contributed by atoms with Gasteiger partial charge in [-0.15, -0.1) is 0 Å². The SMILES string of the molecule is COc1cc2cnc(N(Br)c3ccc(O)cc3Br)nc2cc1OC. The van der Waals surface area contributed by atoms with Gasteiger partial charge < -0.3 is 14.6 Å². The van der Waals surface area contributed by atoms with Crippen LogP contribution >= 0.6 is 32.1 Å². The first-order valence-corrected chi connectivity index (χ1v) is 8.37. The lowest BCUT2D eigenvalue weighted by Crippen LogP contribution is -2.06. The smallest absolute Gasteiger partial charge is 0.240 e. The number of ether oxygens (including phenoxy) is 2. The van der Waals surface area contributed by atoms with Gasteiger partial charge in [-0.1, -0.05) is 0 Å². The molecule has 2 aromatic carbocycles. The van der Waals surface area contributed by atoms with Gasteiger partial charge in [0.1, 0.15) is 5.75 Å². The number of phenolic OH excluding ortho intramolecular Hbond substituents is 1. The zero-order valence-corrected chi connectivity index (χ0v) is 16.0. The maximum Gasteiger partial charge on any atom is 0.240 e. The van der Waals surface area contributed by atoms with Crippen molar-refractivity contribution in [2.24, 2.45) is 0 Å². The Hall–Kier alpha value is -2.06. The van der Waals surface area contributed by atoms with Crippen LogP contribution in [-0.2, 0) is 0 Å². The molecule has 0 aliphatic rings. The van der Waals surface area contributed by atoms with Crippen molar-refractivity contribution in [3.05, 3.63) is 41.0 Å². The van der Waals surface area contributed by atoms with Crippen molar-refractivity contribution in [1.29, 1.82) is 0 Å². The Morgan fingerprint density at radius 2 is 1.79 bits per heavy atom. The zero-order chi connectivity index (χ0) is 17.3. The molecular weight excluding hydrogens is 442 g/mol. The van der Waals surface area contributed by atoms with Crippen LogP contribution in [0.5, 0.6) is 17.2 Å². The van der Waals surface area contributed by atoms with Crippen molar-refractivity contribution in [2.75, 3.05) is 18.1 Å². The molecule has 3 aromatic rings. The highest BCUT2D eigenvalue weighted by Crippen LogP contribution is 2.37. The molecule has 0 aliphatic carbocycles. The van der Waals surface area contributed by atoms with Crippen molar-refractivity contribution in [2.45, 2.75) is 0 Å². The van der Waals surface area contributed by atoms with Gasteiger partial charge in [0.25, 0.3) is 0 Å². The van der Waals surface area contributed by atoms with E-state index in [4.69, 9.17) is 9.47 Å². The fourth-order valence-corrected chi connectivity index (χ4v) is 3.47. The van der Waals surface area contributed by atoms with E-state index in [9.17, 15) is 5.11 Å². The minimum atomic E-state index is 0.169. The second kappa shape index (κ2) is 6.82. The van der Waals surface area contributed by atoms with Crippen LogP contribution in [0.3, 0.4) is 0 Å². The maximum atomic E-state index is 9.52. The Labute approximate surface area is 155 Å². The number of aromatic hydroxyl groups is 1. The first kappa shape index (κ1) is 16.8. The molecule has 0 saturated heterocycles. The van der Waals surface area contributed by atoms with Gasteiger partial charge in [-0.05, 0) is 40.2 Å². The predicted octanol–water partition coefficient (Wildman–Crippen LogP) is 4.56. The van der Waals surface area contributed by atoms with Crippen molar-refractivity contribution >= 4 is 54.6 Å². The number of aromatic nitrogens is 2. The number of hydrogen-bond acceptors (Lipinski definition) is 6. The quantitative estimate of drug-likeness (QED) is 0.582. The Morgan fingerprint density at radius 3 is 2.46 bits per heavy atom. The molecule has 0 amide bonds. The van der Waals surface area contributed by atoms with Crippen LogP contribution in [0.4, 0.5) is 11.6 Å². The molecule has 0 spiro atoms. The molecule has 0 saturated carbocycles. The molecule has 1 aromatic heterocycles. The molecule has 6 nitrogen and oxygen atoms in total. The monoisotopic (exact) mass is 453 g/mol. The second-order valence-electron chi connectivity index (χ2n) is 4.85. The van der Waals surface area contributed by atoms with Crippen LogP contribution in [0, 0.1) is 0 Å². The zero-order valence-electron chi connectivity index (χ0n) is 12.8. The largest absolute Gasteiger partial charge is 0.508 e. The molecule has 8 heteroatoms. The summed E-state index contributed by atoms with van der Waals surface area (Å²) in [6.07, 6.45) is 1.71. The van der Waals surface area contributed by atoms with Crippen LogP contribution in [0.25, 0.3) is 10.9 Å². The fourth-order valence-electron chi connectivity index (χ4n) is 2.21. The van der Waals surface area contributed by atoms with Crippen LogP contribution in [-0.4, -0.2) is 29.3 Å². The van der Waals surface area contributed by atoms with Gasteiger partial charge in [0.05, 0.1) is 41.6 Å². The number of nitrogens with zero attached hydrogens (tertiary/aromatic N) is 3. The number of rotatable bonds is 4. The van der Waals surface area contributed by atoms with Crippen LogP contribution in [0.2, 0.25) is 0 Å². The summed E-state index contributed by atoms with van der Waals surface area (Å²) in [6.45, 7) is 0. The van der Waals surface area contributed by atoms with E-state index < -0.39 is 0 Å². The topological polar surface area (TPSA) is 67.7 Å². The van der Waals surface area contributed by atoms with E-state index >= 15 is 0 Å². The Balaban J connectivity index is 2.06. The Bertz CT molecular complexity index is 905. The van der Waals surface area contributed by atoms with Gasteiger partial charge in [-0.25, -0.2) is 13.9 Å². The molecule has 3 rings (SSSR count). The van der Waals surface area contributed by atoms with Crippen molar-refractivity contribution < 1.29 is 14.6 Å². The Morgan fingerprint density at radius 1 is 1.08 bits per heavy atom. The average molecular weight is 455 g/mol. The molecular formula is C16H13Br2N3O3. The van der Waals surface area contributed by atoms with Gasteiger partial charge in [-0.2, -0.15) is 0 Å². The van der Waals surface area contributed by atoms with E-state index in [0.29, 0.717) is 21.9 Å². The minimum absolute atomic E-state index is 0.169. The molecule has 1 heterocycles. The summed E-state index contributed by atoms with van der Waals surface area (Å²) in [5.74, 6) is 1.84. The third kappa shape index (κ3) is 3.11. The minimum Gasteiger partial charge on any atom is -0.508 e. The highest BCUT2D eigenvalue weighted by atomic mass is 79.9. The number of fused-ring (bicyclic) bond motifs is 1. The van der Waals surface area contributed by atoms with Crippen molar-refractivity contribution in [3.63, 3.8) is 0 Å². The summed E-state index contributed by atoms with van der Waals surface area (Å²) in [5.41, 5.74) is 1.48. The summed E-state index contributed by atoms with van der Waals surface area (Å²) in [4.78, 5) is 8.91. The predicted molar refractivity (Wildman–Crippen MR) is 99.5 cm³/mol. The fraction of sp³-hybridized carbons (Fsp3) is 0.125. The van der Waals surface area contributed by atoms with Gasteiger partial charge in [0.2, 0.25) is 5.95 Å². The van der Waals surface area contributed by atoms with Crippen LogP contribution < -0.4 is 13.4 Å². The summed E-state index contributed by atoms with van der Waals surface area (Å²) in [5, 5.41) is 10.4. The third-order valence-corrected chi connectivity index (χ3v) is 4.73. The molecule has 124 valence electrons. The lowest BCUT2D eigenvalue weighted by atomic mass is 10.2. The Kier molecular flexibility index (Phi) is 4.77.